The van der Waals surface area contributed by atoms with E-state index in [1.54, 1.807) is 17.6 Å². The van der Waals surface area contributed by atoms with Crippen LogP contribution in [0.15, 0.2) is 38.1 Å². The van der Waals surface area contributed by atoms with E-state index >= 15 is 0 Å². The molecule has 0 amide bonds. The molecule has 0 atom stereocenters. The van der Waals surface area contributed by atoms with Crippen LogP contribution >= 0.6 is 11.3 Å². The quantitative estimate of drug-likeness (QED) is 0.742. The molecule has 0 saturated carbocycles. The molecule has 0 aliphatic carbocycles. The lowest BCUT2D eigenvalue weighted by molar-refractivity contribution is 0.222. The van der Waals surface area contributed by atoms with Crippen LogP contribution in [0.25, 0.3) is 11.4 Å². The van der Waals surface area contributed by atoms with Crippen molar-refractivity contribution in [3.8, 4) is 11.4 Å². The first-order valence-corrected chi connectivity index (χ1v) is 7.95. The summed E-state index contributed by atoms with van der Waals surface area (Å²) in [6.07, 6.45) is 3.87. The van der Waals surface area contributed by atoms with Gasteiger partial charge in [-0.2, -0.15) is 16.3 Å². The fourth-order valence-electron chi connectivity index (χ4n) is 2.66. The summed E-state index contributed by atoms with van der Waals surface area (Å²) >= 11 is 1.63. The average molecular weight is 301 g/mol. The van der Waals surface area contributed by atoms with Gasteiger partial charge in [-0.05, 0) is 30.5 Å². The standard InChI is InChI=1S/C15H15N3O2S/c1-2-13-11(3-6-19-13)8-18(5-1)9-14-16-15(17-20-14)12-4-7-21-10-12/h3-4,6-7,10H,1-2,5,8-9H2. The van der Waals surface area contributed by atoms with E-state index in [-0.39, 0.29) is 0 Å². The Morgan fingerprint density at radius 3 is 3.24 bits per heavy atom. The average Bonchev–Trinajstić information content (AvgIpc) is 3.19. The van der Waals surface area contributed by atoms with Crippen molar-refractivity contribution in [2.45, 2.75) is 25.9 Å². The Hall–Kier alpha value is -1.92. The van der Waals surface area contributed by atoms with E-state index in [1.165, 1.54) is 5.56 Å². The van der Waals surface area contributed by atoms with Crippen LogP contribution in [0.4, 0.5) is 0 Å². The molecule has 6 heteroatoms. The van der Waals surface area contributed by atoms with Gasteiger partial charge in [0, 0.05) is 29.5 Å². The van der Waals surface area contributed by atoms with Crippen molar-refractivity contribution in [3.05, 3.63) is 46.4 Å². The second-order valence-corrected chi connectivity index (χ2v) is 5.99. The fourth-order valence-corrected chi connectivity index (χ4v) is 3.30. The highest BCUT2D eigenvalue weighted by Crippen LogP contribution is 2.22. The summed E-state index contributed by atoms with van der Waals surface area (Å²) in [6, 6.07) is 4.06. The van der Waals surface area contributed by atoms with Gasteiger partial charge in [-0.3, -0.25) is 4.90 Å². The van der Waals surface area contributed by atoms with Gasteiger partial charge >= 0.3 is 0 Å². The minimum absolute atomic E-state index is 0.670. The number of aromatic nitrogens is 2. The van der Waals surface area contributed by atoms with Crippen LogP contribution in [0.3, 0.4) is 0 Å². The van der Waals surface area contributed by atoms with Crippen molar-refractivity contribution < 1.29 is 8.94 Å². The summed E-state index contributed by atoms with van der Waals surface area (Å²) < 4.78 is 10.9. The third kappa shape index (κ3) is 2.64. The number of aryl methyl sites for hydroxylation is 1. The summed E-state index contributed by atoms with van der Waals surface area (Å²) in [5, 5.41) is 8.10. The van der Waals surface area contributed by atoms with Gasteiger partial charge in [-0.25, -0.2) is 0 Å². The lowest BCUT2D eigenvalue weighted by atomic mass is 10.2. The van der Waals surface area contributed by atoms with E-state index < -0.39 is 0 Å². The van der Waals surface area contributed by atoms with Crippen molar-refractivity contribution in [1.29, 1.82) is 0 Å². The zero-order chi connectivity index (χ0) is 14.1. The summed E-state index contributed by atoms with van der Waals surface area (Å²) in [5.41, 5.74) is 2.29. The lowest BCUT2D eigenvalue weighted by Crippen LogP contribution is -2.22. The monoisotopic (exact) mass is 301 g/mol. The molecule has 0 fully saturated rings. The Morgan fingerprint density at radius 1 is 1.33 bits per heavy atom. The lowest BCUT2D eigenvalue weighted by Gasteiger charge is -2.16. The smallest absolute Gasteiger partial charge is 0.241 e. The molecule has 4 rings (SSSR count). The maximum atomic E-state index is 5.51. The molecule has 3 aromatic rings. The van der Waals surface area contributed by atoms with Crippen LogP contribution in [0, 0.1) is 0 Å². The predicted molar refractivity (Wildman–Crippen MR) is 78.8 cm³/mol. The van der Waals surface area contributed by atoms with Crippen LogP contribution in [-0.2, 0) is 19.5 Å². The maximum Gasteiger partial charge on any atom is 0.241 e. The molecule has 1 aliphatic rings. The molecule has 0 radical (unpaired) electrons. The molecule has 0 spiro atoms. The highest BCUT2D eigenvalue weighted by Gasteiger charge is 2.19. The van der Waals surface area contributed by atoms with Crippen LogP contribution in [0.1, 0.15) is 23.6 Å². The Kier molecular flexibility index (Phi) is 3.33. The minimum atomic E-state index is 0.670. The number of hydrogen-bond donors (Lipinski definition) is 0. The van der Waals surface area contributed by atoms with E-state index in [9.17, 15) is 0 Å². The molecular weight excluding hydrogens is 286 g/mol. The molecule has 0 N–H and O–H groups in total. The van der Waals surface area contributed by atoms with Gasteiger partial charge in [0.1, 0.15) is 5.76 Å². The molecular formula is C15H15N3O2S. The Labute approximate surface area is 126 Å². The molecule has 4 heterocycles. The van der Waals surface area contributed by atoms with Gasteiger partial charge in [0.25, 0.3) is 0 Å². The van der Waals surface area contributed by atoms with Crippen molar-refractivity contribution in [2.24, 2.45) is 0 Å². The van der Waals surface area contributed by atoms with Gasteiger partial charge in [-0.1, -0.05) is 5.16 Å². The Morgan fingerprint density at radius 2 is 2.33 bits per heavy atom. The number of nitrogens with zero attached hydrogens (tertiary/aromatic N) is 3. The first kappa shape index (κ1) is 12.8. The molecule has 0 unspecified atom stereocenters. The second kappa shape index (κ2) is 5.46. The minimum Gasteiger partial charge on any atom is -0.469 e. The SMILES string of the molecule is c1cc2c(o1)CCCN(Cc1nc(-c3ccsc3)no1)C2. The molecule has 21 heavy (non-hydrogen) atoms. The van der Waals surface area contributed by atoms with Gasteiger partial charge in [-0.15, -0.1) is 0 Å². The number of hydrogen-bond acceptors (Lipinski definition) is 6. The highest BCUT2D eigenvalue weighted by atomic mass is 32.1. The first-order chi connectivity index (χ1) is 10.4. The molecule has 0 saturated heterocycles. The van der Waals surface area contributed by atoms with E-state index in [2.05, 4.69) is 21.1 Å². The summed E-state index contributed by atoms with van der Waals surface area (Å²) in [7, 11) is 0. The maximum absolute atomic E-state index is 5.51. The van der Waals surface area contributed by atoms with Crippen LogP contribution in [-0.4, -0.2) is 21.6 Å². The third-order valence-electron chi connectivity index (χ3n) is 3.72. The van der Waals surface area contributed by atoms with Crippen molar-refractivity contribution in [3.63, 3.8) is 0 Å². The van der Waals surface area contributed by atoms with E-state index in [0.717, 1.165) is 37.3 Å². The third-order valence-corrected chi connectivity index (χ3v) is 4.40. The fraction of sp³-hybridized carbons (Fsp3) is 0.333. The normalized spacial score (nSPS) is 15.8. The predicted octanol–water partition coefficient (Wildman–Crippen LogP) is 3.34. The van der Waals surface area contributed by atoms with Gasteiger partial charge < -0.3 is 8.94 Å². The highest BCUT2D eigenvalue weighted by molar-refractivity contribution is 7.08. The molecule has 3 aromatic heterocycles. The number of fused-ring (bicyclic) bond motifs is 1. The summed E-state index contributed by atoms with van der Waals surface area (Å²) in [4.78, 5) is 6.81. The zero-order valence-corrected chi connectivity index (χ0v) is 12.3. The van der Waals surface area contributed by atoms with Gasteiger partial charge in [0.2, 0.25) is 11.7 Å². The number of rotatable bonds is 3. The van der Waals surface area contributed by atoms with Crippen molar-refractivity contribution >= 4 is 11.3 Å². The first-order valence-electron chi connectivity index (χ1n) is 7.01. The Balaban J connectivity index is 1.49. The summed E-state index contributed by atoms with van der Waals surface area (Å²) in [5.74, 6) is 2.45. The largest absolute Gasteiger partial charge is 0.469 e. The van der Waals surface area contributed by atoms with Crippen LogP contribution in [0.5, 0.6) is 0 Å². The van der Waals surface area contributed by atoms with Crippen LogP contribution < -0.4 is 0 Å². The zero-order valence-electron chi connectivity index (χ0n) is 11.5. The van der Waals surface area contributed by atoms with Crippen molar-refractivity contribution in [2.75, 3.05) is 6.54 Å². The number of furan rings is 1. The van der Waals surface area contributed by atoms with E-state index in [1.807, 2.05) is 16.8 Å². The molecule has 0 aromatic carbocycles. The molecule has 0 bridgehead atoms. The van der Waals surface area contributed by atoms with Crippen molar-refractivity contribution in [1.82, 2.24) is 15.0 Å². The second-order valence-electron chi connectivity index (χ2n) is 5.21. The van der Waals surface area contributed by atoms with E-state index in [4.69, 9.17) is 8.94 Å². The topological polar surface area (TPSA) is 55.3 Å². The summed E-state index contributed by atoms with van der Waals surface area (Å²) in [6.45, 7) is 2.57. The molecule has 5 nitrogen and oxygen atoms in total. The van der Waals surface area contributed by atoms with Crippen LogP contribution in [0.2, 0.25) is 0 Å². The van der Waals surface area contributed by atoms with E-state index in [0.29, 0.717) is 18.3 Å². The van der Waals surface area contributed by atoms with Gasteiger partial charge in [0.05, 0.1) is 12.8 Å². The molecule has 108 valence electrons. The van der Waals surface area contributed by atoms with Gasteiger partial charge in [0.15, 0.2) is 0 Å². The molecule has 1 aliphatic heterocycles. The number of thiophene rings is 1. The Bertz CT molecular complexity index is 717.